The Morgan fingerprint density at radius 2 is 1.93 bits per heavy atom. The largest absolute Gasteiger partial charge is 0.481 e. The van der Waals surface area contributed by atoms with Crippen LogP contribution in [0.3, 0.4) is 0 Å². The summed E-state index contributed by atoms with van der Waals surface area (Å²) in [7, 11) is 0. The number of aliphatic hydroxyl groups is 1. The van der Waals surface area contributed by atoms with Gasteiger partial charge in [-0.15, -0.1) is 0 Å². The minimum Gasteiger partial charge on any atom is -0.481 e. The summed E-state index contributed by atoms with van der Waals surface area (Å²) in [6.07, 6.45) is 0.294. The van der Waals surface area contributed by atoms with Crippen molar-refractivity contribution in [3.63, 3.8) is 0 Å². The van der Waals surface area contributed by atoms with E-state index < -0.39 is 29.8 Å². The summed E-state index contributed by atoms with van der Waals surface area (Å²) in [6.45, 7) is -0.142. The average Bonchev–Trinajstić information content (AvgIpc) is 2.78. The number of hydrogen-bond donors (Lipinski definition) is 4. The molecular formula is C8H13NO5. The lowest BCUT2D eigenvalue weighted by atomic mass is 10.1. The number of carboxylic acid groups (broad SMARTS) is 2. The van der Waals surface area contributed by atoms with Gasteiger partial charge in [-0.3, -0.25) is 9.59 Å². The summed E-state index contributed by atoms with van der Waals surface area (Å²) in [5, 5.41) is 26.0. The second kappa shape index (κ2) is 3.93. The minimum absolute atomic E-state index is 0.142. The summed E-state index contributed by atoms with van der Waals surface area (Å²) >= 11 is 0. The second-order valence-electron chi connectivity index (χ2n) is 3.48. The van der Waals surface area contributed by atoms with Crippen molar-refractivity contribution in [2.45, 2.75) is 12.5 Å². The van der Waals surface area contributed by atoms with Gasteiger partial charge in [0.15, 0.2) is 0 Å². The first-order chi connectivity index (χ1) is 6.50. The van der Waals surface area contributed by atoms with E-state index in [2.05, 4.69) is 0 Å². The van der Waals surface area contributed by atoms with Gasteiger partial charge >= 0.3 is 11.9 Å². The van der Waals surface area contributed by atoms with Crippen molar-refractivity contribution in [2.75, 3.05) is 6.61 Å². The van der Waals surface area contributed by atoms with Gasteiger partial charge in [-0.1, -0.05) is 0 Å². The zero-order valence-electron chi connectivity index (χ0n) is 7.46. The maximum absolute atomic E-state index is 10.7. The van der Waals surface area contributed by atoms with Crippen molar-refractivity contribution in [1.82, 2.24) is 0 Å². The van der Waals surface area contributed by atoms with Gasteiger partial charge in [0.05, 0.1) is 5.92 Å². The minimum atomic E-state index is -1.19. The molecule has 1 rings (SSSR count). The Bertz CT molecular complexity index is 254. The molecule has 0 aromatic carbocycles. The van der Waals surface area contributed by atoms with E-state index in [1.807, 2.05) is 0 Å². The number of carbonyl (C=O) groups is 2. The highest BCUT2D eigenvalue weighted by Crippen LogP contribution is 2.50. The Kier molecular flexibility index (Phi) is 3.07. The van der Waals surface area contributed by atoms with Crippen molar-refractivity contribution in [2.24, 2.45) is 23.5 Å². The Morgan fingerprint density at radius 1 is 1.36 bits per heavy atom. The molecule has 0 aliphatic heterocycles. The SMILES string of the molecule is N[C@H](C(=O)O)[C@H]1[C@@H](CCO)[C@@H]1C(=O)O. The third kappa shape index (κ3) is 1.85. The summed E-state index contributed by atoms with van der Waals surface area (Å²) in [5.41, 5.74) is 5.33. The van der Waals surface area contributed by atoms with Crippen LogP contribution in [0.4, 0.5) is 0 Å². The van der Waals surface area contributed by atoms with Gasteiger partial charge in [0.25, 0.3) is 0 Å². The molecule has 0 aromatic rings. The topological polar surface area (TPSA) is 121 Å². The van der Waals surface area contributed by atoms with Gasteiger partial charge in [-0.25, -0.2) is 0 Å². The molecule has 4 atom stereocenters. The molecule has 0 amide bonds. The van der Waals surface area contributed by atoms with Crippen LogP contribution in [0, 0.1) is 17.8 Å². The molecule has 6 nitrogen and oxygen atoms in total. The highest BCUT2D eigenvalue weighted by Gasteiger charge is 2.58. The molecule has 5 N–H and O–H groups in total. The molecule has 1 aliphatic rings. The monoisotopic (exact) mass is 203 g/mol. The number of rotatable bonds is 5. The van der Waals surface area contributed by atoms with Crippen LogP contribution in [0.25, 0.3) is 0 Å². The average molecular weight is 203 g/mol. The molecule has 0 heterocycles. The molecule has 14 heavy (non-hydrogen) atoms. The number of carboxylic acids is 2. The van der Waals surface area contributed by atoms with Crippen molar-refractivity contribution in [3.8, 4) is 0 Å². The third-order valence-electron chi connectivity index (χ3n) is 2.68. The van der Waals surface area contributed by atoms with Gasteiger partial charge in [0.1, 0.15) is 6.04 Å². The third-order valence-corrected chi connectivity index (χ3v) is 2.68. The Morgan fingerprint density at radius 3 is 2.29 bits per heavy atom. The van der Waals surface area contributed by atoms with Gasteiger partial charge in [-0.05, 0) is 12.3 Å². The highest BCUT2D eigenvalue weighted by molar-refractivity contribution is 5.80. The fraction of sp³-hybridized carbons (Fsp3) is 0.750. The Labute approximate surface area is 80.3 Å². The smallest absolute Gasteiger partial charge is 0.320 e. The fourth-order valence-electron chi connectivity index (χ4n) is 1.92. The molecule has 1 saturated carbocycles. The molecule has 0 saturated heterocycles. The van der Waals surface area contributed by atoms with Crippen LogP contribution in [0.2, 0.25) is 0 Å². The standard InChI is InChI=1S/C8H13NO5/c9-6(8(13)14)4-3(1-2-10)5(4)7(11)12/h3-6,10H,1-2,9H2,(H,11,12)(H,13,14)/t3-,4+,5+,6+/m1/s1. The van der Waals surface area contributed by atoms with Crippen molar-refractivity contribution in [3.05, 3.63) is 0 Å². The second-order valence-corrected chi connectivity index (χ2v) is 3.48. The van der Waals surface area contributed by atoms with Crippen molar-refractivity contribution in [1.29, 1.82) is 0 Å². The molecule has 1 fully saturated rings. The predicted octanol–water partition coefficient (Wildman–Crippen LogP) is -1.27. The van der Waals surface area contributed by atoms with E-state index in [1.165, 1.54) is 0 Å². The quantitative estimate of drug-likeness (QED) is 0.442. The summed E-state index contributed by atoms with van der Waals surface area (Å²) < 4.78 is 0. The van der Waals surface area contributed by atoms with E-state index in [0.29, 0.717) is 6.42 Å². The maximum Gasteiger partial charge on any atom is 0.320 e. The molecule has 1 aliphatic carbocycles. The van der Waals surface area contributed by atoms with E-state index >= 15 is 0 Å². The van der Waals surface area contributed by atoms with E-state index in [1.54, 1.807) is 0 Å². The van der Waals surface area contributed by atoms with E-state index in [9.17, 15) is 9.59 Å². The van der Waals surface area contributed by atoms with Gasteiger partial charge in [-0.2, -0.15) is 0 Å². The van der Waals surface area contributed by atoms with E-state index in [0.717, 1.165) is 0 Å². The number of nitrogens with two attached hydrogens (primary N) is 1. The van der Waals surface area contributed by atoms with Crippen molar-refractivity contribution >= 4 is 11.9 Å². The Hall–Kier alpha value is -1.14. The normalized spacial score (nSPS) is 32.3. The number of aliphatic carboxylic acids is 2. The van der Waals surface area contributed by atoms with Crippen LogP contribution < -0.4 is 5.73 Å². The lowest BCUT2D eigenvalue weighted by Crippen LogP contribution is -2.34. The van der Waals surface area contributed by atoms with E-state index in [4.69, 9.17) is 21.1 Å². The van der Waals surface area contributed by atoms with Gasteiger partial charge < -0.3 is 21.1 Å². The van der Waals surface area contributed by atoms with Crippen LogP contribution >= 0.6 is 0 Å². The Balaban J connectivity index is 2.62. The van der Waals surface area contributed by atoms with Gasteiger partial charge in [0.2, 0.25) is 0 Å². The van der Waals surface area contributed by atoms with Gasteiger partial charge in [0, 0.05) is 12.5 Å². The lowest BCUT2D eigenvalue weighted by Gasteiger charge is -2.03. The van der Waals surface area contributed by atoms with Crippen LogP contribution in [0.1, 0.15) is 6.42 Å². The predicted molar refractivity (Wildman–Crippen MR) is 45.4 cm³/mol. The number of aliphatic hydroxyl groups excluding tert-OH is 1. The molecular weight excluding hydrogens is 190 g/mol. The molecule has 6 heteroatoms. The zero-order chi connectivity index (χ0) is 10.9. The maximum atomic E-state index is 10.7. The van der Waals surface area contributed by atoms with Crippen LogP contribution in [0.15, 0.2) is 0 Å². The first-order valence-electron chi connectivity index (χ1n) is 4.32. The molecule has 0 radical (unpaired) electrons. The molecule has 80 valence electrons. The summed E-state index contributed by atoms with van der Waals surface area (Å²) in [4.78, 5) is 21.2. The summed E-state index contributed by atoms with van der Waals surface area (Å²) in [5.74, 6) is -3.79. The first kappa shape index (κ1) is 10.9. The van der Waals surface area contributed by atoms with E-state index in [-0.39, 0.29) is 12.5 Å². The lowest BCUT2D eigenvalue weighted by molar-refractivity contribution is -0.140. The molecule has 0 aromatic heterocycles. The van der Waals surface area contributed by atoms with Crippen LogP contribution in [-0.2, 0) is 9.59 Å². The van der Waals surface area contributed by atoms with Crippen LogP contribution in [-0.4, -0.2) is 39.9 Å². The molecule has 0 spiro atoms. The van der Waals surface area contributed by atoms with Crippen molar-refractivity contribution < 1.29 is 24.9 Å². The first-order valence-corrected chi connectivity index (χ1v) is 4.32. The molecule has 0 bridgehead atoms. The molecule has 0 unspecified atom stereocenters. The fourth-order valence-corrected chi connectivity index (χ4v) is 1.92. The highest BCUT2D eigenvalue weighted by atomic mass is 16.4. The zero-order valence-corrected chi connectivity index (χ0v) is 7.46. The summed E-state index contributed by atoms with van der Waals surface area (Å²) in [6, 6.07) is -1.15. The number of hydrogen-bond acceptors (Lipinski definition) is 4. The van der Waals surface area contributed by atoms with Crippen LogP contribution in [0.5, 0.6) is 0 Å².